The van der Waals surface area contributed by atoms with E-state index in [0.29, 0.717) is 11.5 Å². The standard InChI is InChI=1S/C23H28N2O2/c26-22(24-17-18-10-4-1-5-11-18)16-21(19-12-6-2-7-13-19)25-23(27)20-14-8-3-9-15-20/h2-3,6-9,12-15,18,21H,1,4-5,10-11,16-17H2,(H,24,26)(H,25,27)/t21-/m1/s1. The molecule has 1 fully saturated rings. The predicted molar refractivity (Wildman–Crippen MR) is 107 cm³/mol. The molecule has 2 N–H and O–H groups in total. The summed E-state index contributed by atoms with van der Waals surface area (Å²) >= 11 is 0. The SMILES string of the molecule is O=C(C[C@@H](NC(=O)c1ccccc1)c1ccccc1)NCC1CCCCC1. The van der Waals surface area contributed by atoms with Crippen LogP contribution in [0.2, 0.25) is 0 Å². The Labute approximate surface area is 161 Å². The van der Waals surface area contributed by atoms with Crippen LogP contribution in [0.15, 0.2) is 60.7 Å². The maximum Gasteiger partial charge on any atom is 0.251 e. The molecule has 1 atom stereocenters. The molecule has 142 valence electrons. The van der Waals surface area contributed by atoms with Crippen LogP contribution in [0.25, 0.3) is 0 Å². The van der Waals surface area contributed by atoms with Gasteiger partial charge in [-0.1, -0.05) is 67.8 Å². The lowest BCUT2D eigenvalue weighted by Crippen LogP contribution is -2.35. The largest absolute Gasteiger partial charge is 0.356 e. The van der Waals surface area contributed by atoms with Gasteiger partial charge in [0.25, 0.3) is 5.91 Å². The zero-order valence-corrected chi connectivity index (χ0v) is 15.7. The van der Waals surface area contributed by atoms with Crippen molar-refractivity contribution in [3.8, 4) is 0 Å². The fourth-order valence-corrected chi connectivity index (χ4v) is 3.68. The Morgan fingerprint density at radius 2 is 1.52 bits per heavy atom. The third-order valence-corrected chi connectivity index (χ3v) is 5.25. The predicted octanol–water partition coefficient (Wildman–Crippen LogP) is 4.24. The van der Waals surface area contributed by atoms with Crippen LogP contribution in [-0.4, -0.2) is 18.4 Å². The van der Waals surface area contributed by atoms with Crippen molar-refractivity contribution in [2.75, 3.05) is 6.54 Å². The molecular formula is C23H28N2O2. The van der Waals surface area contributed by atoms with Gasteiger partial charge in [0.2, 0.25) is 5.91 Å². The number of carbonyl (C=O) groups excluding carboxylic acids is 2. The lowest BCUT2D eigenvalue weighted by atomic mass is 9.89. The maximum absolute atomic E-state index is 12.6. The van der Waals surface area contributed by atoms with E-state index in [1.165, 1.54) is 32.1 Å². The molecule has 2 amide bonds. The summed E-state index contributed by atoms with van der Waals surface area (Å²) in [5.41, 5.74) is 1.54. The highest BCUT2D eigenvalue weighted by Crippen LogP contribution is 2.23. The van der Waals surface area contributed by atoms with E-state index in [4.69, 9.17) is 0 Å². The summed E-state index contributed by atoms with van der Waals surface area (Å²) in [5, 5.41) is 6.09. The third-order valence-electron chi connectivity index (χ3n) is 5.25. The first-order chi connectivity index (χ1) is 13.2. The zero-order valence-electron chi connectivity index (χ0n) is 15.7. The van der Waals surface area contributed by atoms with Crippen LogP contribution in [0.4, 0.5) is 0 Å². The number of nitrogens with one attached hydrogen (secondary N) is 2. The van der Waals surface area contributed by atoms with Gasteiger partial charge in [-0.15, -0.1) is 0 Å². The Morgan fingerprint density at radius 1 is 0.889 bits per heavy atom. The average molecular weight is 364 g/mol. The van der Waals surface area contributed by atoms with E-state index in [2.05, 4.69) is 10.6 Å². The first-order valence-electron chi connectivity index (χ1n) is 9.90. The van der Waals surface area contributed by atoms with Gasteiger partial charge in [0.05, 0.1) is 12.5 Å². The lowest BCUT2D eigenvalue weighted by Gasteiger charge is -2.23. The van der Waals surface area contributed by atoms with E-state index in [9.17, 15) is 9.59 Å². The van der Waals surface area contributed by atoms with E-state index in [1.54, 1.807) is 12.1 Å². The quantitative estimate of drug-likeness (QED) is 0.772. The highest BCUT2D eigenvalue weighted by atomic mass is 16.2. The van der Waals surface area contributed by atoms with Crippen molar-refractivity contribution in [3.63, 3.8) is 0 Å². The molecule has 0 unspecified atom stereocenters. The number of rotatable bonds is 7. The fraction of sp³-hybridized carbons (Fsp3) is 0.391. The summed E-state index contributed by atoms with van der Waals surface area (Å²) in [6.45, 7) is 0.743. The highest BCUT2D eigenvalue weighted by molar-refractivity contribution is 5.94. The van der Waals surface area contributed by atoms with E-state index < -0.39 is 0 Å². The Balaban J connectivity index is 1.61. The maximum atomic E-state index is 12.6. The minimum Gasteiger partial charge on any atom is -0.356 e. The van der Waals surface area contributed by atoms with Crippen LogP contribution >= 0.6 is 0 Å². The molecule has 0 aliphatic heterocycles. The fourth-order valence-electron chi connectivity index (χ4n) is 3.68. The van der Waals surface area contributed by atoms with Gasteiger partial charge in [-0.2, -0.15) is 0 Å². The summed E-state index contributed by atoms with van der Waals surface area (Å²) in [7, 11) is 0. The minimum atomic E-state index is -0.342. The number of benzene rings is 2. The first kappa shape index (κ1) is 19.2. The summed E-state index contributed by atoms with van der Waals surface area (Å²) in [6, 6.07) is 18.5. The second-order valence-corrected chi connectivity index (χ2v) is 7.31. The molecule has 4 nitrogen and oxygen atoms in total. The van der Waals surface area contributed by atoms with Crippen LogP contribution < -0.4 is 10.6 Å². The Morgan fingerprint density at radius 3 is 2.19 bits per heavy atom. The second kappa shape index (κ2) is 9.91. The summed E-state index contributed by atoms with van der Waals surface area (Å²) in [5.74, 6) is 0.420. The third kappa shape index (κ3) is 5.95. The van der Waals surface area contributed by atoms with Gasteiger partial charge in [-0.05, 0) is 36.5 Å². The normalized spacial score (nSPS) is 15.7. The average Bonchev–Trinajstić information content (AvgIpc) is 2.74. The van der Waals surface area contributed by atoms with Crippen molar-refractivity contribution < 1.29 is 9.59 Å². The molecule has 1 aliphatic carbocycles. The summed E-state index contributed by atoms with van der Waals surface area (Å²) in [6.07, 6.45) is 6.49. The van der Waals surface area contributed by atoms with E-state index >= 15 is 0 Å². The Kier molecular flexibility index (Phi) is 7.03. The van der Waals surface area contributed by atoms with Gasteiger partial charge in [-0.25, -0.2) is 0 Å². The Bertz CT molecular complexity index is 725. The van der Waals surface area contributed by atoms with Gasteiger partial charge in [0.1, 0.15) is 0 Å². The van der Waals surface area contributed by atoms with Crippen molar-refractivity contribution in [1.82, 2.24) is 10.6 Å². The van der Waals surface area contributed by atoms with Crippen LogP contribution in [-0.2, 0) is 4.79 Å². The number of amides is 2. The molecule has 0 radical (unpaired) electrons. The molecule has 0 heterocycles. The summed E-state index contributed by atoms with van der Waals surface area (Å²) < 4.78 is 0. The molecule has 1 aliphatic rings. The topological polar surface area (TPSA) is 58.2 Å². The van der Waals surface area contributed by atoms with E-state index in [0.717, 1.165) is 12.1 Å². The first-order valence-corrected chi connectivity index (χ1v) is 9.90. The van der Waals surface area contributed by atoms with E-state index in [-0.39, 0.29) is 24.3 Å². The van der Waals surface area contributed by atoms with Gasteiger partial charge >= 0.3 is 0 Å². The van der Waals surface area contributed by atoms with Crippen molar-refractivity contribution >= 4 is 11.8 Å². The monoisotopic (exact) mass is 364 g/mol. The molecule has 1 saturated carbocycles. The molecule has 2 aromatic rings. The molecule has 0 bridgehead atoms. The lowest BCUT2D eigenvalue weighted by molar-refractivity contribution is -0.121. The van der Waals surface area contributed by atoms with Gasteiger partial charge in [0.15, 0.2) is 0 Å². The van der Waals surface area contributed by atoms with E-state index in [1.807, 2.05) is 48.5 Å². The van der Waals surface area contributed by atoms with Crippen molar-refractivity contribution in [3.05, 3.63) is 71.8 Å². The molecule has 3 rings (SSSR count). The number of carbonyl (C=O) groups is 2. The van der Waals surface area contributed by atoms with Crippen LogP contribution in [0.1, 0.15) is 60.5 Å². The number of hydrogen-bond donors (Lipinski definition) is 2. The van der Waals surface area contributed by atoms with Crippen molar-refractivity contribution in [2.24, 2.45) is 5.92 Å². The van der Waals surface area contributed by atoms with Gasteiger partial charge < -0.3 is 10.6 Å². The molecule has 0 saturated heterocycles. The molecular weight excluding hydrogens is 336 g/mol. The molecule has 0 spiro atoms. The highest BCUT2D eigenvalue weighted by Gasteiger charge is 2.20. The van der Waals surface area contributed by atoms with Crippen LogP contribution in [0.3, 0.4) is 0 Å². The smallest absolute Gasteiger partial charge is 0.251 e. The molecule has 2 aromatic carbocycles. The molecule has 4 heteroatoms. The van der Waals surface area contributed by atoms with Crippen molar-refractivity contribution in [1.29, 1.82) is 0 Å². The molecule has 0 aromatic heterocycles. The van der Waals surface area contributed by atoms with Crippen LogP contribution in [0.5, 0.6) is 0 Å². The van der Waals surface area contributed by atoms with Crippen molar-refractivity contribution in [2.45, 2.75) is 44.6 Å². The summed E-state index contributed by atoms with van der Waals surface area (Å²) in [4.78, 5) is 25.1. The van der Waals surface area contributed by atoms with Crippen LogP contribution in [0, 0.1) is 5.92 Å². The molecule has 27 heavy (non-hydrogen) atoms. The van der Waals surface area contributed by atoms with Gasteiger partial charge in [-0.3, -0.25) is 9.59 Å². The minimum absolute atomic E-state index is 0.0113. The zero-order chi connectivity index (χ0) is 18.9. The van der Waals surface area contributed by atoms with Gasteiger partial charge in [0, 0.05) is 12.1 Å². The number of hydrogen-bond acceptors (Lipinski definition) is 2. The second-order valence-electron chi connectivity index (χ2n) is 7.31. The Hall–Kier alpha value is -2.62.